The van der Waals surface area contributed by atoms with Crippen molar-refractivity contribution in [3.63, 3.8) is 0 Å². The molecule has 0 saturated heterocycles. The topological polar surface area (TPSA) is 0 Å². The molecule has 0 aliphatic rings. The van der Waals surface area contributed by atoms with Crippen molar-refractivity contribution in [2.45, 2.75) is 36.5 Å². The third kappa shape index (κ3) is 4.83. The van der Waals surface area contributed by atoms with Crippen molar-refractivity contribution in [3.05, 3.63) is 59.7 Å². The summed E-state index contributed by atoms with van der Waals surface area (Å²) in [4.78, 5) is 2.64. The Kier molecular flexibility index (Phi) is 6.21. The summed E-state index contributed by atoms with van der Waals surface area (Å²) in [7, 11) is 5.47. The molecule has 0 saturated carbocycles. The van der Waals surface area contributed by atoms with Crippen molar-refractivity contribution in [1.29, 1.82) is 0 Å². The van der Waals surface area contributed by atoms with Crippen LogP contribution in [0, 0.1) is 0 Å². The summed E-state index contributed by atoms with van der Waals surface area (Å²) in [5.74, 6) is 0. The maximum absolute atomic E-state index is 2.21. The Hall–Kier alpha value is -0.510. The van der Waals surface area contributed by atoms with E-state index in [1.165, 1.54) is 20.9 Å². The van der Waals surface area contributed by atoms with Gasteiger partial charge < -0.3 is 0 Å². The molecule has 0 unspecified atom stereocenters. The summed E-state index contributed by atoms with van der Waals surface area (Å²) in [5, 5.41) is 0. The van der Waals surface area contributed by atoms with Crippen molar-refractivity contribution in [2.75, 3.05) is 0 Å². The number of aryl methyl sites for hydroxylation is 2. The molecule has 0 aromatic heterocycles. The van der Waals surface area contributed by atoms with E-state index in [-0.39, 0.29) is 0 Å². The van der Waals surface area contributed by atoms with Crippen molar-refractivity contribution < 1.29 is 0 Å². The maximum Gasteiger partial charge on any atom is 0.0191 e. The standard InChI is InChI=1S/C16H18S3/c1-3-13-5-9-15(10-6-13)17-19-18-16-11-7-14(4-2)8-12-16/h5-12H,3-4H2,1-2H3. The van der Waals surface area contributed by atoms with Gasteiger partial charge in [-0.1, -0.05) is 38.1 Å². The van der Waals surface area contributed by atoms with Gasteiger partial charge in [-0.05, 0) is 79.6 Å². The fraction of sp³-hybridized carbons (Fsp3) is 0.250. The molecule has 100 valence electrons. The Morgan fingerprint density at radius 1 is 0.632 bits per heavy atom. The van der Waals surface area contributed by atoms with Crippen LogP contribution in [-0.4, -0.2) is 0 Å². The SMILES string of the molecule is CCc1ccc(SSSc2ccc(CC)cc2)cc1. The molecule has 0 bridgehead atoms. The monoisotopic (exact) mass is 306 g/mol. The lowest BCUT2D eigenvalue weighted by Crippen LogP contribution is -1.78. The smallest absolute Gasteiger partial charge is 0.0191 e. The molecule has 2 aromatic rings. The van der Waals surface area contributed by atoms with Gasteiger partial charge in [-0.2, -0.15) is 0 Å². The van der Waals surface area contributed by atoms with E-state index < -0.39 is 0 Å². The first-order valence-electron chi connectivity index (χ1n) is 6.51. The zero-order chi connectivity index (χ0) is 13.5. The normalized spacial score (nSPS) is 10.6. The molecule has 0 atom stereocenters. The molecule has 2 aromatic carbocycles. The van der Waals surface area contributed by atoms with E-state index in [0.717, 1.165) is 12.8 Å². The maximum atomic E-state index is 2.21. The molecular weight excluding hydrogens is 288 g/mol. The highest BCUT2D eigenvalue weighted by molar-refractivity contribution is 9.09. The zero-order valence-corrected chi connectivity index (χ0v) is 13.7. The molecular formula is C16H18S3. The third-order valence-corrected chi connectivity index (χ3v) is 6.78. The first kappa shape index (κ1) is 14.9. The Balaban J connectivity index is 1.81. The van der Waals surface area contributed by atoms with Crippen LogP contribution in [0.3, 0.4) is 0 Å². The highest BCUT2D eigenvalue weighted by Gasteiger charge is 1.98. The van der Waals surface area contributed by atoms with Gasteiger partial charge in [0.2, 0.25) is 0 Å². The number of hydrogen-bond acceptors (Lipinski definition) is 3. The minimum absolute atomic E-state index is 1.11. The van der Waals surface area contributed by atoms with Crippen LogP contribution < -0.4 is 0 Å². The van der Waals surface area contributed by atoms with Crippen LogP contribution in [0.4, 0.5) is 0 Å². The van der Waals surface area contributed by atoms with Crippen LogP contribution in [0.25, 0.3) is 0 Å². The van der Waals surface area contributed by atoms with Crippen molar-refractivity contribution in [3.8, 4) is 0 Å². The van der Waals surface area contributed by atoms with E-state index in [1.54, 1.807) is 0 Å². The van der Waals surface area contributed by atoms with Gasteiger partial charge in [-0.25, -0.2) is 0 Å². The molecule has 2 rings (SSSR count). The number of rotatable bonds is 6. The van der Waals surface area contributed by atoms with Crippen LogP contribution in [-0.2, 0) is 12.8 Å². The van der Waals surface area contributed by atoms with Gasteiger partial charge in [0.1, 0.15) is 0 Å². The number of benzene rings is 2. The second-order valence-corrected chi connectivity index (χ2v) is 8.27. The van der Waals surface area contributed by atoms with Gasteiger partial charge in [0, 0.05) is 9.79 Å². The first-order valence-corrected chi connectivity index (χ1v) is 9.99. The lowest BCUT2D eigenvalue weighted by Gasteiger charge is -2.03. The van der Waals surface area contributed by atoms with Crippen LogP contribution >= 0.6 is 31.4 Å². The molecule has 0 heterocycles. The van der Waals surface area contributed by atoms with Crippen LogP contribution in [0.1, 0.15) is 25.0 Å². The van der Waals surface area contributed by atoms with E-state index in [2.05, 4.69) is 62.4 Å². The van der Waals surface area contributed by atoms with Crippen LogP contribution in [0.2, 0.25) is 0 Å². The molecule has 0 fully saturated rings. The average Bonchev–Trinajstić information content (AvgIpc) is 2.49. The minimum atomic E-state index is 1.11. The molecule has 0 radical (unpaired) electrons. The van der Waals surface area contributed by atoms with E-state index >= 15 is 0 Å². The minimum Gasteiger partial charge on any atom is -0.0613 e. The molecule has 0 amide bonds. The Bertz CT molecular complexity index is 441. The summed E-state index contributed by atoms with van der Waals surface area (Å²) in [6.07, 6.45) is 2.22. The van der Waals surface area contributed by atoms with Gasteiger partial charge in [-0.3, -0.25) is 0 Å². The summed E-state index contributed by atoms with van der Waals surface area (Å²) < 4.78 is 0. The first-order chi connectivity index (χ1) is 9.31. The molecule has 3 heteroatoms. The van der Waals surface area contributed by atoms with E-state index in [0.29, 0.717) is 0 Å². The molecule has 0 spiro atoms. The van der Waals surface area contributed by atoms with Gasteiger partial charge in [0.05, 0.1) is 0 Å². The zero-order valence-electron chi connectivity index (χ0n) is 11.3. The predicted molar refractivity (Wildman–Crippen MR) is 90.9 cm³/mol. The second-order valence-electron chi connectivity index (χ2n) is 4.23. The molecule has 0 aliphatic carbocycles. The van der Waals surface area contributed by atoms with Crippen molar-refractivity contribution in [1.82, 2.24) is 0 Å². The molecule has 0 nitrogen and oxygen atoms in total. The largest absolute Gasteiger partial charge is 0.0613 e. The summed E-state index contributed by atoms with van der Waals surface area (Å²) in [6.45, 7) is 4.37. The Labute approximate surface area is 127 Å². The lowest BCUT2D eigenvalue weighted by atomic mass is 10.2. The average molecular weight is 307 g/mol. The van der Waals surface area contributed by atoms with E-state index in [1.807, 2.05) is 31.4 Å². The Morgan fingerprint density at radius 2 is 1.00 bits per heavy atom. The summed E-state index contributed by atoms with van der Waals surface area (Å²) >= 11 is 0. The predicted octanol–water partition coefficient (Wildman–Crippen LogP) is 6.26. The number of hydrogen-bond donors (Lipinski definition) is 0. The highest BCUT2D eigenvalue weighted by Crippen LogP contribution is 2.44. The molecule has 0 aliphatic heterocycles. The molecule has 19 heavy (non-hydrogen) atoms. The van der Waals surface area contributed by atoms with Gasteiger partial charge in [-0.15, -0.1) is 0 Å². The van der Waals surface area contributed by atoms with Crippen molar-refractivity contribution in [2.24, 2.45) is 0 Å². The summed E-state index contributed by atoms with van der Waals surface area (Å²) in [5.41, 5.74) is 2.80. The van der Waals surface area contributed by atoms with Crippen LogP contribution in [0.15, 0.2) is 58.3 Å². The summed E-state index contributed by atoms with van der Waals surface area (Å²) in [6, 6.07) is 17.7. The van der Waals surface area contributed by atoms with E-state index in [4.69, 9.17) is 0 Å². The fourth-order valence-corrected chi connectivity index (χ4v) is 5.30. The van der Waals surface area contributed by atoms with E-state index in [9.17, 15) is 0 Å². The lowest BCUT2D eigenvalue weighted by molar-refractivity contribution is 1.13. The Morgan fingerprint density at radius 3 is 1.32 bits per heavy atom. The van der Waals surface area contributed by atoms with Gasteiger partial charge in [0.15, 0.2) is 0 Å². The fourth-order valence-electron chi connectivity index (χ4n) is 1.66. The molecule has 0 N–H and O–H groups in total. The quantitative estimate of drug-likeness (QED) is 0.578. The highest BCUT2D eigenvalue weighted by atomic mass is 33.5. The van der Waals surface area contributed by atoms with Gasteiger partial charge in [0.25, 0.3) is 0 Å². The van der Waals surface area contributed by atoms with Crippen LogP contribution in [0.5, 0.6) is 0 Å². The van der Waals surface area contributed by atoms with Crippen molar-refractivity contribution >= 4 is 31.4 Å². The van der Waals surface area contributed by atoms with Gasteiger partial charge >= 0.3 is 0 Å². The second kappa shape index (κ2) is 7.93. The third-order valence-electron chi connectivity index (χ3n) is 2.92.